The van der Waals surface area contributed by atoms with Crippen LogP contribution in [0.4, 0.5) is 0 Å². The van der Waals surface area contributed by atoms with Crippen LogP contribution in [0.1, 0.15) is 47.8 Å². The van der Waals surface area contributed by atoms with Gasteiger partial charge < -0.3 is 10.0 Å². The number of hydrogen-bond acceptors (Lipinski definition) is 3. The van der Waals surface area contributed by atoms with Crippen molar-refractivity contribution in [1.29, 1.82) is 0 Å². The van der Waals surface area contributed by atoms with Crippen LogP contribution in [0.3, 0.4) is 0 Å². The van der Waals surface area contributed by atoms with E-state index in [9.17, 15) is 14.7 Å². The monoisotopic (exact) mass is 283 g/mol. The lowest BCUT2D eigenvalue weighted by atomic mass is 10.0. The molecule has 19 heavy (non-hydrogen) atoms. The number of likely N-dealkylation sites (N-methyl/N-ethyl adjacent to an activating group) is 1. The first-order chi connectivity index (χ1) is 8.75. The van der Waals surface area contributed by atoms with Crippen LogP contribution in [0.2, 0.25) is 0 Å². The summed E-state index contributed by atoms with van der Waals surface area (Å²) in [5.41, 5.74) is -0.101. The Hall–Kier alpha value is -1.36. The molecule has 0 aliphatic heterocycles. The van der Waals surface area contributed by atoms with Gasteiger partial charge in [-0.3, -0.25) is 4.79 Å². The van der Waals surface area contributed by atoms with Gasteiger partial charge in [-0.05, 0) is 45.7 Å². The molecular weight excluding hydrogens is 262 g/mol. The lowest BCUT2D eigenvalue weighted by Crippen LogP contribution is -2.52. The number of carboxylic acids is 1. The molecule has 0 aliphatic carbocycles. The molecule has 1 aromatic heterocycles. The van der Waals surface area contributed by atoms with Gasteiger partial charge in [-0.1, -0.05) is 6.92 Å². The molecule has 0 fully saturated rings. The van der Waals surface area contributed by atoms with Crippen LogP contribution in [-0.4, -0.2) is 34.0 Å². The van der Waals surface area contributed by atoms with E-state index in [1.165, 1.54) is 21.1 Å². The number of carboxylic acid groups (broad SMARTS) is 1. The fourth-order valence-electron chi connectivity index (χ4n) is 2.02. The van der Waals surface area contributed by atoms with E-state index in [1.807, 2.05) is 19.9 Å². The fourth-order valence-corrected chi connectivity index (χ4v) is 3.08. The Kier molecular flexibility index (Phi) is 4.74. The van der Waals surface area contributed by atoms with Gasteiger partial charge in [0.25, 0.3) is 5.91 Å². The summed E-state index contributed by atoms with van der Waals surface area (Å²) in [5.74, 6) is -1.20. The second-order valence-electron chi connectivity index (χ2n) is 4.98. The third-order valence-corrected chi connectivity index (χ3v) is 4.68. The van der Waals surface area contributed by atoms with Gasteiger partial charge in [-0.2, -0.15) is 0 Å². The van der Waals surface area contributed by atoms with E-state index in [-0.39, 0.29) is 5.91 Å². The average molecular weight is 283 g/mol. The van der Waals surface area contributed by atoms with Gasteiger partial charge in [-0.15, -0.1) is 11.3 Å². The molecule has 0 aliphatic rings. The first-order valence-electron chi connectivity index (χ1n) is 6.40. The molecule has 106 valence electrons. The number of hydrogen-bond donors (Lipinski definition) is 1. The average Bonchev–Trinajstić information content (AvgIpc) is 2.70. The van der Waals surface area contributed by atoms with Gasteiger partial charge in [0.15, 0.2) is 0 Å². The van der Waals surface area contributed by atoms with Crippen molar-refractivity contribution < 1.29 is 14.7 Å². The van der Waals surface area contributed by atoms with E-state index in [2.05, 4.69) is 0 Å². The molecule has 1 rings (SSSR count). The first-order valence-corrected chi connectivity index (χ1v) is 7.22. The molecule has 1 aromatic rings. The number of aryl methyl sites for hydroxylation is 2. The van der Waals surface area contributed by atoms with Crippen molar-refractivity contribution in [2.45, 2.75) is 46.6 Å². The van der Waals surface area contributed by atoms with Crippen molar-refractivity contribution in [3.8, 4) is 0 Å². The van der Waals surface area contributed by atoms with Gasteiger partial charge >= 0.3 is 5.97 Å². The molecule has 1 N–H and O–H groups in total. The molecule has 4 nitrogen and oxygen atoms in total. The zero-order valence-electron chi connectivity index (χ0n) is 12.1. The Balaban J connectivity index is 3.12. The highest BCUT2D eigenvalue weighted by Gasteiger charge is 2.37. The van der Waals surface area contributed by atoms with Crippen molar-refractivity contribution in [1.82, 2.24) is 4.90 Å². The zero-order chi connectivity index (χ0) is 14.8. The SMILES string of the molecule is CCc1sc(C(=O)N(CC)C(C)(C)C(=O)O)cc1C. The maximum atomic E-state index is 12.5. The Bertz CT molecular complexity index is 491. The summed E-state index contributed by atoms with van der Waals surface area (Å²) in [6.07, 6.45) is 0.887. The smallest absolute Gasteiger partial charge is 0.329 e. The second-order valence-corrected chi connectivity index (χ2v) is 6.12. The van der Waals surface area contributed by atoms with Crippen LogP contribution < -0.4 is 0 Å². The lowest BCUT2D eigenvalue weighted by molar-refractivity contribution is -0.147. The molecule has 5 heteroatoms. The summed E-state index contributed by atoms with van der Waals surface area (Å²) < 4.78 is 0. The summed E-state index contributed by atoms with van der Waals surface area (Å²) in [6.45, 7) is 9.30. The van der Waals surface area contributed by atoms with Gasteiger partial charge in [0, 0.05) is 11.4 Å². The molecule has 0 saturated heterocycles. The van der Waals surface area contributed by atoms with Crippen LogP contribution in [0.25, 0.3) is 0 Å². The number of aliphatic carboxylic acids is 1. The number of rotatable bonds is 5. The van der Waals surface area contributed by atoms with E-state index < -0.39 is 11.5 Å². The highest BCUT2D eigenvalue weighted by Crippen LogP contribution is 2.26. The maximum Gasteiger partial charge on any atom is 0.329 e. The van der Waals surface area contributed by atoms with Gasteiger partial charge in [-0.25, -0.2) is 4.79 Å². The number of nitrogens with zero attached hydrogens (tertiary/aromatic N) is 1. The van der Waals surface area contributed by atoms with Gasteiger partial charge in [0.2, 0.25) is 0 Å². The zero-order valence-corrected chi connectivity index (χ0v) is 12.9. The van der Waals surface area contributed by atoms with Crippen molar-refractivity contribution >= 4 is 23.2 Å². The lowest BCUT2D eigenvalue weighted by Gasteiger charge is -2.33. The van der Waals surface area contributed by atoms with Crippen LogP contribution in [0.15, 0.2) is 6.07 Å². The molecular formula is C14H21NO3S. The maximum absolute atomic E-state index is 12.5. The number of carbonyl (C=O) groups excluding carboxylic acids is 1. The molecule has 0 unspecified atom stereocenters. The van der Waals surface area contributed by atoms with E-state index >= 15 is 0 Å². The van der Waals surface area contributed by atoms with Crippen molar-refractivity contribution in [2.24, 2.45) is 0 Å². The quantitative estimate of drug-likeness (QED) is 0.904. The van der Waals surface area contributed by atoms with Crippen LogP contribution in [0.5, 0.6) is 0 Å². The van der Waals surface area contributed by atoms with Crippen LogP contribution in [0, 0.1) is 6.92 Å². The standard InChI is InChI=1S/C14H21NO3S/c1-6-10-9(3)8-11(19-10)12(16)15(7-2)14(4,5)13(17)18/h8H,6-7H2,1-5H3,(H,17,18). The minimum Gasteiger partial charge on any atom is -0.480 e. The van der Waals surface area contributed by atoms with Gasteiger partial charge in [0.05, 0.1) is 4.88 Å². The fraction of sp³-hybridized carbons (Fsp3) is 0.571. The second kappa shape index (κ2) is 5.74. The number of thiophene rings is 1. The number of carbonyl (C=O) groups is 2. The Morgan fingerprint density at radius 1 is 1.37 bits per heavy atom. The summed E-state index contributed by atoms with van der Waals surface area (Å²) in [7, 11) is 0. The predicted octanol–water partition coefficient (Wildman–Crippen LogP) is 2.94. The van der Waals surface area contributed by atoms with E-state index in [1.54, 1.807) is 20.8 Å². The summed E-state index contributed by atoms with van der Waals surface area (Å²) in [6, 6.07) is 1.85. The largest absolute Gasteiger partial charge is 0.480 e. The number of amides is 1. The minimum atomic E-state index is -1.20. The molecule has 1 heterocycles. The van der Waals surface area contributed by atoms with E-state index in [0.29, 0.717) is 11.4 Å². The third-order valence-electron chi connectivity index (χ3n) is 3.31. The minimum absolute atomic E-state index is 0.206. The summed E-state index contributed by atoms with van der Waals surface area (Å²) >= 11 is 1.45. The summed E-state index contributed by atoms with van der Waals surface area (Å²) in [5, 5.41) is 9.25. The van der Waals surface area contributed by atoms with Crippen LogP contribution >= 0.6 is 11.3 Å². The van der Waals surface area contributed by atoms with Gasteiger partial charge in [0.1, 0.15) is 5.54 Å². The molecule has 0 atom stereocenters. The normalized spacial score (nSPS) is 11.4. The van der Waals surface area contributed by atoms with Crippen molar-refractivity contribution in [3.63, 3.8) is 0 Å². The molecule has 0 radical (unpaired) electrons. The van der Waals surface area contributed by atoms with Crippen LogP contribution in [-0.2, 0) is 11.2 Å². The highest BCUT2D eigenvalue weighted by molar-refractivity contribution is 7.14. The molecule has 0 spiro atoms. The third kappa shape index (κ3) is 2.97. The van der Waals surface area contributed by atoms with E-state index in [0.717, 1.165) is 12.0 Å². The van der Waals surface area contributed by atoms with Crippen molar-refractivity contribution in [3.05, 3.63) is 21.4 Å². The molecule has 0 bridgehead atoms. The Labute approximate surface area is 118 Å². The summed E-state index contributed by atoms with van der Waals surface area (Å²) in [4.78, 5) is 27.0. The highest BCUT2D eigenvalue weighted by atomic mass is 32.1. The first kappa shape index (κ1) is 15.7. The molecule has 0 aromatic carbocycles. The Morgan fingerprint density at radius 3 is 2.32 bits per heavy atom. The molecule has 1 amide bonds. The van der Waals surface area contributed by atoms with Crippen molar-refractivity contribution in [2.75, 3.05) is 6.54 Å². The van der Waals surface area contributed by atoms with E-state index in [4.69, 9.17) is 0 Å². The predicted molar refractivity (Wildman–Crippen MR) is 76.9 cm³/mol. The molecule has 0 saturated carbocycles. The Morgan fingerprint density at radius 2 is 1.95 bits per heavy atom. The topological polar surface area (TPSA) is 57.6 Å².